The minimum absolute atomic E-state index is 0.0829. The van der Waals surface area contributed by atoms with Gasteiger partial charge in [0.1, 0.15) is 10.7 Å². The van der Waals surface area contributed by atoms with Crippen LogP contribution >= 0.6 is 22.9 Å². The molecule has 0 saturated carbocycles. The number of nitrogens with zero attached hydrogens (tertiary/aromatic N) is 2. The zero-order valence-corrected chi connectivity index (χ0v) is 19.8. The molecule has 5 N–H and O–H groups in total. The van der Waals surface area contributed by atoms with Gasteiger partial charge in [0.15, 0.2) is 11.7 Å². The second-order valence-corrected chi connectivity index (χ2v) is 9.17. The van der Waals surface area contributed by atoms with Crippen LogP contribution in [-0.2, 0) is 11.3 Å². The highest BCUT2D eigenvalue weighted by Gasteiger charge is 2.36. The summed E-state index contributed by atoms with van der Waals surface area (Å²) in [5.74, 6) is -2.67. The summed E-state index contributed by atoms with van der Waals surface area (Å²) in [6.07, 6.45) is 0. The third-order valence-corrected chi connectivity index (χ3v) is 6.87. The number of hydrogen-bond donors (Lipinski definition) is 3. The van der Waals surface area contributed by atoms with Gasteiger partial charge < -0.3 is 16.8 Å². The third-order valence-electron chi connectivity index (χ3n) is 5.09. The Morgan fingerprint density at radius 3 is 2.46 bits per heavy atom. The fourth-order valence-corrected chi connectivity index (χ4v) is 5.01. The maximum atomic E-state index is 14.2. The van der Waals surface area contributed by atoms with E-state index in [9.17, 15) is 18.8 Å². The van der Waals surface area contributed by atoms with Crippen molar-refractivity contribution in [3.63, 3.8) is 0 Å². The molecule has 2 aromatic heterocycles. The van der Waals surface area contributed by atoms with Crippen molar-refractivity contribution in [1.29, 1.82) is 0 Å². The van der Waals surface area contributed by atoms with Crippen LogP contribution in [0.5, 0.6) is 0 Å². The van der Waals surface area contributed by atoms with Gasteiger partial charge in [-0.3, -0.25) is 19.3 Å². The van der Waals surface area contributed by atoms with Gasteiger partial charge in [-0.25, -0.2) is 4.39 Å². The Balaban J connectivity index is 1.78. The molecule has 8 nitrogen and oxygen atoms in total. The van der Waals surface area contributed by atoms with Gasteiger partial charge in [0.2, 0.25) is 5.91 Å². The Bertz CT molecular complexity index is 1360. The molecule has 0 spiro atoms. The monoisotopic (exact) mass is 509 g/mol. The quantitative estimate of drug-likeness (QED) is 0.333. The van der Waals surface area contributed by atoms with Crippen LogP contribution in [0.25, 0.3) is 0 Å². The standard InChI is InChI=1S/C24H20FN5O3S2/c25-15-8-4-9-16(12-15)30(24(33)21-18(26)19(22(27)31)29-35-21)20(17-10-5-11-34-17)23(32)28-13-14-6-2-1-3-7-14/h1-12,20H,13,26H2,(H2,27,31)(H,28,32)/t20-/m0/s1. The lowest BCUT2D eigenvalue weighted by Crippen LogP contribution is -2.43. The first kappa shape index (κ1) is 24.0. The molecule has 35 heavy (non-hydrogen) atoms. The maximum Gasteiger partial charge on any atom is 0.273 e. The maximum absolute atomic E-state index is 14.2. The van der Waals surface area contributed by atoms with Crippen molar-refractivity contribution in [2.24, 2.45) is 5.73 Å². The van der Waals surface area contributed by atoms with E-state index in [0.29, 0.717) is 16.4 Å². The molecule has 178 valence electrons. The van der Waals surface area contributed by atoms with Crippen LogP contribution in [-0.4, -0.2) is 22.1 Å². The number of carbonyl (C=O) groups excluding carboxylic acids is 3. The molecule has 4 rings (SSSR count). The normalized spacial score (nSPS) is 11.6. The van der Waals surface area contributed by atoms with Crippen LogP contribution in [0.3, 0.4) is 0 Å². The first-order chi connectivity index (χ1) is 16.9. The largest absolute Gasteiger partial charge is 0.395 e. The number of primary amides is 1. The van der Waals surface area contributed by atoms with Gasteiger partial charge in [0.05, 0.1) is 5.69 Å². The van der Waals surface area contributed by atoms with Crippen LogP contribution in [0.4, 0.5) is 15.8 Å². The predicted molar refractivity (Wildman–Crippen MR) is 134 cm³/mol. The molecule has 0 radical (unpaired) electrons. The van der Waals surface area contributed by atoms with Crippen LogP contribution < -0.4 is 21.7 Å². The Kier molecular flexibility index (Phi) is 7.18. The molecule has 4 aromatic rings. The van der Waals surface area contributed by atoms with Gasteiger partial charge >= 0.3 is 0 Å². The van der Waals surface area contributed by atoms with Crippen molar-refractivity contribution < 1.29 is 18.8 Å². The number of nitrogens with two attached hydrogens (primary N) is 2. The van der Waals surface area contributed by atoms with Crippen LogP contribution in [0.2, 0.25) is 0 Å². The average molecular weight is 510 g/mol. The fourth-order valence-electron chi connectivity index (χ4n) is 3.45. The van der Waals surface area contributed by atoms with E-state index < -0.39 is 29.6 Å². The first-order valence-corrected chi connectivity index (χ1v) is 12.0. The fraction of sp³-hybridized carbons (Fsp3) is 0.0833. The van der Waals surface area contributed by atoms with Gasteiger partial charge in [0.25, 0.3) is 11.8 Å². The lowest BCUT2D eigenvalue weighted by Gasteiger charge is -2.30. The number of benzene rings is 2. The highest BCUT2D eigenvalue weighted by Crippen LogP contribution is 2.35. The SMILES string of the molecule is NC(=O)c1nsc(C(=O)N(c2cccc(F)c2)[C@H](C(=O)NCc2ccccc2)c2cccs2)c1N. The Morgan fingerprint density at radius 2 is 1.83 bits per heavy atom. The summed E-state index contributed by atoms with van der Waals surface area (Å²) in [5.41, 5.74) is 11.9. The molecule has 0 unspecified atom stereocenters. The summed E-state index contributed by atoms with van der Waals surface area (Å²) in [7, 11) is 0. The van der Waals surface area contributed by atoms with Crippen molar-refractivity contribution in [1.82, 2.24) is 9.69 Å². The van der Waals surface area contributed by atoms with Crippen molar-refractivity contribution in [3.05, 3.63) is 98.9 Å². The Morgan fingerprint density at radius 1 is 1.06 bits per heavy atom. The topological polar surface area (TPSA) is 131 Å². The third kappa shape index (κ3) is 5.20. The number of nitrogens with one attached hydrogen (secondary N) is 1. The highest BCUT2D eigenvalue weighted by molar-refractivity contribution is 7.10. The van der Waals surface area contributed by atoms with E-state index in [1.54, 1.807) is 17.5 Å². The number of rotatable bonds is 8. The van der Waals surface area contributed by atoms with E-state index >= 15 is 0 Å². The van der Waals surface area contributed by atoms with Gasteiger partial charge in [-0.1, -0.05) is 42.5 Å². The summed E-state index contributed by atoms with van der Waals surface area (Å²) < 4.78 is 18.1. The second kappa shape index (κ2) is 10.5. The molecule has 0 saturated heterocycles. The first-order valence-electron chi connectivity index (χ1n) is 10.4. The molecule has 0 fully saturated rings. The number of carbonyl (C=O) groups is 3. The molecular formula is C24H20FN5O3S2. The van der Waals surface area contributed by atoms with E-state index in [-0.39, 0.29) is 28.5 Å². The van der Waals surface area contributed by atoms with Gasteiger partial charge in [-0.15, -0.1) is 11.3 Å². The van der Waals surface area contributed by atoms with Gasteiger partial charge in [0, 0.05) is 17.1 Å². The van der Waals surface area contributed by atoms with Gasteiger partial charge in [-0.05, 0) is 46.7 Å². The number of halogens is 1. The molecule has 2 heterocycles. The number of hydrogen-bond acceptors (Lipinski definition) is 7. The number of nitrogen functional groups attached to an aromatic ring is 1. The molecule has 0 aliphatic carbocycles. The molecule has 1 atom stereocenters. The predicted octanol–water partition coefficient (Wildman–Crippen LogP) is 3.73. The van der Waals surface area contributed by atoms with Gasteiger partial charge in [-0.2, -0.15) is 4.37 Å². The lowest BCUT2D eigenvalue weighted by molar-refractivity contribution is -0.122. The number of anilines is 2. The van der Waals surface area contributed by atoms with E-state index in [1.165, 1.54) is 29.5 Å². The summed E-state index contributed by atoms with van der Waals surface area (Å²) >= 11 is 1.96. The molecule has 0 aliphatic rings. The molecule has 11 heteroatoms. The van der Waals surface area contributed by atoms with Crippen LogP contribution in [0.1, 0.15) is 36.6 Å². The molecular weight excluding hydrogens is 489 g/mol. The van der Waals surface area contributed by atoms with E-state index in [2.05, 4.69) is 9.69 Å². The summed E-state index contributed by atoms with van der Waals surface area (Å²) in [6, 6.07) is 16.9. The average Bonchev–Trinajstić information content (AvgIpc) is 3.51. The Hall–Kier alpha value is -4.09. The zero-order valence-electron chi connectivity index (χ0n) is 18.2. The lowest BCUT2D eigenvalue weighted by atomic mass is 10.1. The van der Waals surface area contributed by atoms with E-state index in [4.69, 9.17) is 11.5 Å². The minimum atomic E-state index is -1.15. The van der Waals surface area contributed by atoms with Crippen molar-refractivity contribution in [2.75, 3.05) is 10.6 Å². The molecule has 0 bridgehead atoms. The van der Waals surface area contributed by atoms with Crippen LogP contribution in [0.15, 0.2) is 72.1 Å². The smallest absolute Gasteiger partial charge is 0.273 e. The minimum Gasteiger partial charge on any atom is -0.395 e. The number of thiophene rings is 1. The second-order valence-electron chi connectivity index (χ2n) is 7.41. The van der Waals surface area contributed by atoms with Crippen molar-refractivity contribution >= 4 is 52.0 Å². The van der Waals surface area contributed by atoms with Crippen LogP contribution in [0, 0.1) is 5.82 Å². The van der Waals surface area contributed by atoms with E-state index in [0.717, 1.165) is 16.5 Å². The van der Waals surface area contributed by atoms with Crippen molar-refractivity contribution in [3.8, 4) is 0 Å². The number of amides is 3. The molecule has 0 aliphatic heterocycles. The summed E-state index contributed by atoms with van der Waals surface area (Å²) in [5, 5.41) is 4.63. The van der Waals surface area contributed by atoms with Crippen molar-refractivity contribution in [2.45, 2.75) is 12.6 Å². The molecule has 3 amide bonds. The summed E-state index contributed by atoms with van der Waals surface area (Å²) in [6.45, 7) is 0.223. The number of aromatic nitrogens is 1. The zero-order chi connectivity index (χ0) is 24.9. The molecule has 2 aromatic carbocycles. The summed E-state index contributed by atoms with van der Waals surface area (Å²) in [4.78, 5) is 40.6. The highest BCUT2D eigenvalue weighted by atomic mass is 32.1. The van der Waals surface area contributed by atoms with E-state index in [1.807, 2.05) is 30.3 Å². The Labute approximate surface area is 208 Å².